The Morgan fingerprint density at radius 2 is 1.78 bits per heavy atom. The molecule has 0 fully saturated rings. The third-order valence-corrected chi connectivity index (χ3v) is 3.99. The quantitative estimate of drug-likeness (QED) is 0.573. The molecule has 27 heavy (non-hydrogen) atoms. The van der Waals surface area contributed by atoms with Crippen LogP contribution in [0.2, 0.25) is 0 Å². The molecule has 1 amide bonds. The van der Waals surface area contributed by atoms with E-state index in [4.69, 9.17) is 0 Å². The van der Waals surface area contributed by atoms with Crippen LogP contribution in [-0.2, 0) is 12.4 Å². The first-order valence-electron chi connectivity index (χ1n) is 7.16. The number of anilines is 2. The van der Waals surface area contributed by atoms with Gasteiger partial charge in [-0.15, -0.1) is 11.8 Å². The van der Waals surface area contributed by atoms with Crippen molar-refractivity contribution in [1.82, 2.24) is 9.97 Å². The van der Waals surface area contributed by atoms with Crippen LogP contribution < -0.4 is 10.6 Å². The number of hydrogen-bond acceptors (Lipinski definition) is 5. The zero-order valence-corrected chi connectivity index (χ0v) is 14.6. The van der Waals surface area contributed by atoms with Gasteiger partial charge in [0.1, 0.15) is 16.5 Å². The molecule has 0 aliphatic heterocycles. The molecule has 2 rings (SSSR count). The standard InChI is InChI=1S/C15H12F6N4OS/c1-22-11-9(5-7(6-23-11)14(16,17)18)24-12(26)8-3-4-10(15(19,20)21)25-13(8)27-2/h3-6H,1-2H3,(H,22,23)(H,24,26). The smallest absolute Gasteiger partial charge is 0.371 e. The van der Waals surface area contributed by atoms with Gasteiger partial charge in [0.2, 0.25) is 0 Å². The molecule has 0 aliphatic carbocycles. The second-order valence-electron chi connectivity index (χ2n) is 5.07. The molecule has 0 atom stereocenters. The van der Waals surface area contributed by atoms with Crippen molar-refractivity contribution in [3.05, 3.63) is 41.2 Å². The fourth-order valence-electron chi connectivity index (χ4n) is 2.03. The predicted octanol–water partition coefficient (Wildman–Crippen LogP) is 4.53. The fraction of sp³-hybridized carbons (Fsp3) is 0.267. The second kappa shape index (κ2) is 7.62. The Hall–Kier alpha value is -2.50. The lowest BCUT2D eigenvalue weighted by molar-refractivity contribution is -0.141. The SMILES string of the molecule is CNc1ncc(C(F)(F)F)cc1NC(=O)c1ccc(C(F)(F)F)nc1SC. The molecule has 2 heterocycles. The van der Waals surface area contributed by atoms with Crippen molar-refractivity contribution >= 4 is 29.2 Å². The molecule has 0 unspecified atom stereocenters. The van der Waals surface area contributed by atoms with Crippen LogP contribution in [0, 0.1) is 0 Å². The van der Waals surface area contributed by atoms with Gasteiger partial charge >= 0.3 is 12.4 Å². The molecule has 2 N–H and O–H groups in total. The number of carbonyl (C=O) groups is 1. The van der Waals surface area contributed by atoms with Crippen LogP contribution in [0.3, 0.4) is 0 Å². The molecule has 2 aromatic rings. The van der Waals surface area contributed by atoms with Crippen molar-refractivity contribution in [3.63, 3.8) is 0 Å². The summed E-state index contributed by atoms with van der Waals surface area (Å²) in [5, 5.41) is 4.54. The molecule has 0 saturated carbocycles. The van der Waals surface area contributed by atoms with Crippen LogP contribution in [0.4, 0.5) is 37.8 Å². The Kier molecular flexibility index (Phi) is 5.88. The highest BCUT2D eigenvalue weighted by atomic mass is 32.2. The molecule has 12 heteroatoms. The maximum Gasteiger partial charge on any atom is 0.433 e. The van der Waals surface area contributed by atoms with Gasteiger partial charge in [-0.1, -0.05) is 0 Å². The lowest BCUT2D eigenvalue weighted by Gasteiger charge is -2.15. The molecular weight excluding hydrogens is 398 g/mol. The first kappa shape index (κ1) is 20.8. The van der Waals surface area contributed by atoms with Gasteiger partial charge in [0, 0.05) is 13.2 Å². The van der Waals surface area contributed by atoms with E-state index in [-0.39, 0.29) is 22.1 Å². The molecule has 0 radical (unpaired) electrons. The first-order chi connectivity index (χ1) is 12.5. The number of nitrogens with one attached hydrogen (secondary N) is 2. The van der Waals surface area contributed by atoms with E-state index < -0.39 is 29.5 Å². The van der Waals surface area contributed by atoms with Gasteiger partial charge in [0.15, 0.2) is 0 Å². The number of pyridine rings is 2. The number of nitrogens with zero attached hydrogens (tertiary/aromatic N) is 2. The van der Waals surface area contributed by atoms with E-state index >= 15 is 0 Å². The Labute approximate surface area is 153 Å². The number of hydrogen-bond donors (Lipinski definition) is 2. The van der Waals surface area contributed by atoms with E-state index in [1.165, 1.54) is 13.3 Å². The summed E-state index contributed by atoms with van der Waals surface area (Å²) >= 11 is 0.799. The molecule has 146 valence electrons. The summed E-state index contributed by atoms with van der Waals surface area (Å²) in [7, 11) is 1.39. The fourth-order valence-corrected chi connectivity index (χ4v) is 2.60. The van der Waals surface area contributed by atoms with Crippen LogP contribution in [0.5, 0.6) is 0 Å². The number of amides is 1. The van der Waals surface area contributed by atoms with Gasteiger partial charge in [-0.2, -0.15) is 26.3 Å². The average Bonchev–Trinajstić information content (AvgIpc) is 2.59. The van der Waals surface area contributed by atoms with E-state index in [2.05, 4.69) is 20.6 Å². The molecule has 0 bridgehead atoms. The maximum atomic E-state index is 12.8. The Bertz CT molecular complexity index is 853. The molecule has 2 aromatic heterocycles. The highest BCUT2D eigenvalue weighted by Gasteiger charge is 2.34. The van der Waals surface area contributed by atoms with Crippen molar-refractivity contribution < 1.29 is 31.1 Å². The van der Waals surface area contributed by atoms with Crippen molar-refractivity contribution in [3.8, 4) is 0 Å². The van der Waals surface area contributed by atoms with Crippen LogP contribution >= 0.6 is 11.8 Å². The Morgan fingerprint density at radius 3 is 2.30 bits per heavy atom. The Morgan fingerprint density at radius 1 is 1.11 bits per heavy atom. The summed E-state index contributed by atoms with van der Waals surface area (Å²) in [6, 6.07) is 2.21. The van der Waals surface area contributed by atoms with E-state index in [1.54, 1.807) is 0 Å². The molecular formula is C15H12F6N4OS. The topological polar surface area (TPSA) is 66.9 Å². The third-order valence-electron chi connectivity index (χ3n) is 3.29. The number of aromatic nitrogens is 2. The molecule has 0 aromatic carbocycles. The number of alkyl halides is 6. The van der Waals surface area contributed by atoms with Gasteiger partial charge in [-0.3, -0.25) is 4.79 Å². The minimum atomic E-state index is -4.69. The van der Waals surface area contributed by atoms with Gasteiger partial charge in [-0.25, -0.2) is 9.97 Å². The summed E-state index contributed by atoms with van der Waals surface area (Å²) in [5.74, 6) is -0.958. The van der Waals surface area contributed by atoms with Crippen molar-refractivity contribution in [2.24, 2.45) is 0 Å². The van der Waals surface area contributed by atoms with Gasteiger partial charge in [0.05, 0.1) is 16.8 Å². The Balaban J connectivity index is 2.40. The predicted molar refractivity (Wildman–Crippen MR) is 87.8 cm³/mol. The van der Waals surface area contributed by atoms with Crippen molar-refractivity contribution in [2.75, 3.05) is 23.9 Å². The van der Waals surface area contributed by atoms with E-state index in [0.717, 1.165) is 17.8 Å². The normalized spacial score (nSPS) is 12.0. The summed E-state index contributed by atoms with van der Waals surface area (Å²) in [6.45, 7) is 0. The summed E-state index contributed by atoms with van der Waals surface area (Å²) in [5.41, 5.74) is -2.76. The van der Waals surface area contributed by atoms with Crippen LogP contribution in [0.1, 0.15) is 21.6 Å². The highest BCUT2D eigenvalue weighted by Crippen LogP contribution is 2.34. The van der Waals surface area contributed by atoms with Gasteiger partial charge in [-0.05, 0) is 24.5 Å². The molecule has 0 aliphatic rings. The average molecular weight is 410 g/mol. The van der Waals surface area contributed by atoms with Crippen molar-refractivity contribution in [2.45, 2.75) is 17.4 Å². The maximum absolute atomic E-state index is 12.8. The minimum Gasteiger partial charge on any atom is -0.371 e. The number of halogens is 6. The first-order valence-corrected chi connectivity index (χ1v) is 8.38. The largest absolute Gasteiger partial charge is 0.433 e. The summed E-state index contributed by atoms with van der Waals surface area (Å²) < 4.78 is 76.8. The second-order valence-corrected chi connectivity index (χ2v) is 5.87. The lowest BCUT2D eigenvalue weighted by Crippen LogP contribution is -2.18. The monoisotopic (exact) mass is 410 g/mol. The number of rotatable bonds is 4. The highest BCUT2D eigenvalue weighted by molar-refractivity contribution is 7.98. The molecule has 5 nitrogen and oxygen atoms in total. The van der Waals surface area contributed by atoms with E-state index in [9.17, 15) is 31.1 Å². The van der Waals surface area contributed by atoms with Crippen LogP contribution in [-0.4, -0.2) is 29.2 Å². The lowest BCUT2D eigenvalue weighted by atomic mass is 10.2. The number of carbonyl (C=O) groups excluding carboxylic acids is 1. The van der Waals surface area contributed by atoms with Crippen molar-refractivity contribution in [1.29, 1.82) is 0 Å². The summed E-state index contributed by atoms with van der Waals surface area (Å²) in [6.07, 6.45) is -7.36. The van der Waals surface area contributed by atoms with Gasteiger partial charge < -0.3 is 10.6 Å². The minimum absolute atomic E-state index is 0.0399. The zero-order valence-electron chi connectivity index (χ0n) is 13.8. The molecule has 0 spiro atoms. The third kappa shape index (κ3) is 4.81. The zero-order chi connectivity index (χ0) is 20.4. The van der Waals surface area contributed by atoms with Crippen LogP contribution in [0.15, 0.2) is 29.4 Å². The van der Waals surface area contributed by atoms with Gasteiger partial charge in [0.25, 0.3) is 5.91 Å². The number of thioether (sulfide) groups is 1. The molecule has 0 saturated heterocycles. The van der Waals surface area contributed by atoms with Crippen LogP contribution in [0.25, 0.3) is 0 Å². The summed E-state index contributed by atoms with van der Waals surface area (Å²) in [4.78, 5) is 19.4. The van der Waals surface area contributed by atoms with E-state index in [0.29, 0.717) is 18.3 Å². The van der Waals surface area contributed by atoms with E-state index in [1.807, 2.05) is 0 Å².